The van der Waals surface area contributed by atoms with Gasteiger partial charge in [0.1, 0.15) is 10.7 Å². The number of hydrogen-bond acceptors (Lipinski definition) is 5. The van der Waals surface area contributed by atoms with Crippen molar-refractivity contribution in [3.63, 3.8) is 0 Å². The Morgan fingerprint density at radius 2 is 1.79 bits per heavy atom. The molecular formula is C17H22N4O2S. The molecule has 0 bridgehead atoms. The normalized spacial score (nSPS) is 12.0. The van der Waals surface area contributed by atoms with Crippen molar-refractivity contribution in [1.29, 1.82) is 0 Å². The standard InChI is InChI=1S/C17H22N4O2S/c1-4-21(5-2)24(22,23)16-10-11-17(18-13-16)20-19-12-15-8-6-14(3)7-9-15/h6-13H,4-5H2,1-3H3,(H,18,20). The van der Waals surface area contributed by atoms with Crippen LogP contribution in [-0.4, -0.2) is 37.0 Å². The highest BCUT2D eigenvalue weighted by molar-refractivity contribution is 7.89. The number of nitrogens with zero attached hydrogens (tertiary/aromatic N) is 3. The zero-order chi connectivity index (χ0) is 17.6. The van der Waals surface area contributed by atoms with Gasteiger partial charge in [0, 0.05) is 19.3 Å². The quantitative estimate of drug-likeness (QED) is 0.618. The van der Waals surface area contributed by atoms with Crippen LogP contribution in [0.4, 0.5) is 5.82 Å². The molecule has 0 amide bonds. The fourth-order valence-corrected chi connectivity index (χ4v) is 3.54. The third-order valence-corrected chi connectivity index (χ3v) is 5.58. The van der Waals surface area contributed by atoms with E-state index in [9.17, 15) is 8.42 Å². The van der Waals surface area contributed by atoms with E-state index >= 15 is 0 Å². The van der Waals surface area contributed by atoms with E-state index in [0.29, 0.717) is 18.9 Å². The molecule has 0 aliphatic heterocycles. The van der Waals surface area contributed by atoms with Crippen LogP contribution >= 0.6 is 0 Å². The Morgan fingerprint density at radius 1 is 1.12 bits per heavy atom. The van der Waals surface area contributed by atoms with Crippen molar-refractivity contribution in [2.45, 2.75) is 25.7 Å². The van der Waals surface area contributed by atoms with E-state index in [1.54, 1.807) is 12.3 Å². The Balaban J connectivity index is 2.05. The lowest BCUT2D eigenvalue weighted by Crippen LogP contribution is -2.30. The minimum Gasteiger partial charge on any atom is -0.261 e. The van der Waals surface area contributed by atoms with Gasteiger partial charge >= 0.3 is 0 Å². The molecule has 0 radical (unpaired) electrons. The van der Waals surface area contributed by atoms with Crippen molar-refractivity contribution in [3.05, 3.63) is 53.7 Å². The van der Waals surface area contributed by atoms with Crippen molar-refractivity contribution < 1.29 is 8.42 Å². The average molecular weight is 346 g/mol. The van der Waals surface area contributed by atoms with Gasteiger partial charge in [-0.25, -0.2) is 13.4 Å². The van der Waals surface area contributed by atoms with Crippen LogP contribution in [-0.2, 0) is 10.0 Å². The molecule has 7 heteroatoms. The average Bonchev–Trinajstić information content (AvgIpc) is 2.58. The summed E-state index contributed by atoms with van der Waals surface area (Å²) in [5.74, 6) is 0.483. The second-order valence-electron chi connectivity index (χ2n) is 5.25. The third-order valence-electron chi connectivity index (χ3n) is 3.55. The van der Waals surface area contributed by atoms with E-state index in [1.165, 1.54) is 22.1 Å². The summed E-state index contributed by atoms with van der Waals surface area (Å²) in [4.78, 5) is 4.29. The third kappa shape index (κ3) is 4.39. The lowest BCUT2D eigenvalue weighted by atomic mass is 10.2. The summed E-state index contributed by atoms with van der Waals surface area (Å²) >= 11 is 0. The summed E-state index contributed by atoms with van der Waals surface area (Å²) in [5.41, 5.74) is 4.95. The van der Waals surface area contributed by atoms with Crippen LogP contribution in [0.2, 0.25) is 0 Å². The number of aryl methyl sites for hydroxylation is 1. The van der Waals surface area contributed by atoms with Gasteiger partial charge in [0.15, 0.2) is 0 Å². The van der Waals surface area contributed by atoms with Crippen LogP contribution in [0.15, 0.2) is 52.6 Å². The maximum absolute atomic E-state index is 12.4. The molecule has 0 saturated carbocycles. The first-order valence-corrected chi connectivity index (χ1v) is 9.23. The number of anilines is 1. The van der Waals surface area contributed by atoms with E-state index in [2.05, 4.69) is 15.5 Å². The predicted octanol–water partition coefficient (Wildman–Crippen LogP) is 2.87. The monoisotopic (exact) mass is 346 g/mol. The zero-order valence-corrected chi connectivity index (χ0v) is 14.9. The number of aromatic nitrogens is 1. The fourth-order valence-electron chi connectivity index (χ4n) is 2.14. The molecule has 24 heavy (non-hydrogen) atoms. The lowest BCUT2D eigenvalue weighted by molar-refractivity contribution is 0.445. The second-order valence-corrected chi connectivity index (χ2v) is 7.19. The van der Waals surface area contributed by atoms with Gasteiger partial charge in [-0.1, -0.05) is 43.7 Å². The highest BCUT2D eigenvalue weighted by atomic mass is 32.2. The van der Waals surface area contributed by atoms with Crippen molar-refractivity contribution in [1.82, 2.24) is 9.29 Å². The first kappa shape index (κ1) is 18.1. The zero-order valence-electron chi connectivity index (χ0n) is 14.1. The first-order valence-electron chi connectivity index (χ1n) is 7.79. The van der Waals surface area contributed by atoms with Crippen LogP contribution in [0, 0.1) is 6.92 Å². The Labute approximate surface area is 143 Å². The molecule has 0 aliphatic rings. The molecule has 2 rings (SSSR count). The minimum atomic E-state index is -3.48. The van der Waals surface area contributed by atoms with Gasteiger partial charge in [0.25, 0.3) is 0 Å². The molecule has 1 aromatic heterocycles. The van der Waals surface area contributed by atoms with Crippen LogP contribution in [0.1, 0.15) is 25.0 Å². The molecule has 0 atom stereocenters. The molecule has 1 aromatic carbocycles. The van der Waals surface area contributed by atoms with Gasteiger partial charge < -0.3 is 0 Å². The molecule has 0 fully saturated rings. The number of hydrogen-bond donors (Lipinski definition) is 1. The largest absolute Gasteiger partial charge is 0.261 e. The molecule has 2 aromatic rings. The van der Waals surface area contributed by atoms with Crippen molar-refractivity contribution in [2.75, 3.05) is 18.5 Å². The van der Waals surface area contributed by atoms with Crippen molar-refractivity contribution in [2.24, 2.45) is 5.10 Å². The SMILES string of the molecule is CCN(CC)S(=O)(=O)c1ccc(NN=Cc2ccc(C)cc2)nc1. The number of benzene rings is 1. The fraction of sp³-hybridized carbons (Fsp3) is 0.294. The van der Waals surface area contributed by atoms with Gasteiger partial charge in [-0.15, -0.1) is 0 Å². The summed E-state index contributed by atoms with van der Waals surface area (Å²) in [6.07, 6.45) is 3.03. The molecule has 0 saturated heterocycles. The molecule has 6 nitrogen and oxygen atoms in total. The Kier molecular flexibility index (Phi) is 6.05. The van der Waals surface area contributed by atoms with Gasteiger partial charge in [0.2, 0.25) is 10.0 Å². The Morgan fingerprint density at radius 3 is 2.33 bits per heavy atom. The molecule has 128 valence electrons. The van der Waals surface area contributed by atoms with Gasteiger partial charge in [-0.2, -0.15) is 9.41 Å². The van der Waals surface area contributed by atoms with E-state index in [1.807, 2.05) is 45.0 Å². The topological polar surface area (TPSA) is 74.7 Å². The molecule has 0 aliphatic carbocycles. The molecule has 1 N–H and O–H groups in total. The Bertz CT molecular complexity index is 780. The summed E-state index contributed by atoms with van der Waals surface area (Å²) in [5, 5.41) is 4.10. The van der Waals surface area contributed by atoms with Crippen LogP contribution in [0.3, 0.4) is 0 Å². The van der Waals surface area contributed by atoms with Crippen LogP contribution in [0.25, 0.3) is 0 Å². The van der Waals surface area contributed by atoms with Gasteiger partial charge in [0.05, 0.1) is 6.21 Å². The number of nitrogens with one attached hydrogen (secondary N) is 1. The number of hydrazone groups is 1. The van der Waals surface area contributed by atoms with Crippen LogP contribution < -0.4 is 5.43 Å². The minimum absolute atomic E-state index is 0.180. The van der Waals surface area contributed by atoms with Crippen LogP contribution in [0.5, 0.6) is 0 Å². The molecule has 0 spiro atoms. The van der Waals surface area contributed by atoms with Crippen molar-refractivity contribution >= 4 is 22.1 Å². The maximum Gasteiger partial charge on any atom is 0.244 e. The summed E-state index contributed by atoms with van der Waals surface area (Å²) < 4.78 is 26.1. The highest BCUT2D eigenvalue weighted by Gasteiger charge is 2.21. The summed E-state index contributed by atoms with van der Waals surface area (Å²) in [6.45, 7) is 6.50. The predicted molar refractivity (Wildman–Crippen MR) is 96.7 cm³/mol. The molecule has 0 unspecified atom stereocenters. The number of pyridine rings is 1. The van der Waals surface area contributed by atoms with E-state index in [4.69, 9.17) is 0 Å². The highest BCUT2D eigenvalue weighted by Crippen LogP contribution is 2.16. The van der Waals surface area contributed by atoms with E-state index in [-0.39, 0.29) is 4.90 Å². The summed E-state index contributed by atoms with van der Waals surface area (Å²) in [7, 11) is -3.48. The van der Waals surface area contributed by atoms with E-state index < -0.39 is 10.0 Å². The van der Waals surface area contributed by atoms with Gasteiger partial charge in [-0.3, -0.25) is 5.43 Å². The molecular weight excluding hydrogens is 324 g/mol. The number of rotatable bonds is 7. The molecule has 1 heterocycles. The maximum atomic E-state index is 12.4. The smallest absolute Gasteiger partial charge is 0.244 e. The number of sulfonamides is 1. The second kappa shape index (κ2) is 8.03. The van der Waals surface area contributed by atoms with E-state index in [0.717, 1.165) is 5.56 Å². The first-order chi connectivity index (χ1) is 11.5. The van der Waals surface area contributed by atoms with Crippen molar-refractivity contribution in [3.8, 4) is 0 Å². The summed E-state index contributed by atoms with van der Waals surface area (Å²) in [6, 6.07) is 11.1. The van der Waals surface area contributed by atoms with Gasteiger partial charge in [-0.05, 0) is 24.6 Å². The lowest BCUT2D eigenvalue weighted by Gasteiger charge is -2.18. The Hall–Kier alpha value is -2.25.